The Balaban J connectivity index is 2.25. The van der Waals surface area contributed by atoms with Gasteiger partial charge in [0, 0.05) is 6.54 Å². The van der Waals surface area contributed by atoms with Gasteiger partial charge in [0.1, 0.15) is 0 Å². The van der Waals surface area contributed by atoms with E-state index in [0.29, 0.717) is 30.8 Å². The average molecular weight is 283 g/mol. The van der Waals surface area contributed by atoms with Crippen molar-refractivity contribution in [3.8, 4) is 0 Å². The van der Waals surface area contributed by atoms with E-state index in [2.05, 4.69) is 0 Å². The molecule has 0 fully saturated rings. The third-order valence-corrected chi connectivity index (χ3v) is 4.19. The summed E-state index contributed by atoms with van der Waals surface area (Å²) in [6, 6.07) is 5.00. The highest BCUT2D eigenvalue weighted by atomic mass is 32.2. The third-order valence-electron chi connectivity index (χ3n) is 3.01. The molecule has 0 spiro atoms. The molecule has 1 aromatic rings. The lowest BCUT2D eigenvalue weighted by Gasteiger charge is -2.16. The van der Waals surface area contributed by atoms with Crippen LogP contribution in [0.15, 0.2) is 18.2 Å². The number of hydrogen-bond donors (Lipinski definition) is 0. The predicted octanol–water partition coefficient (Wildman–Crippen LogP) is 1.58. The number of sulfonamides is 1. The maximum atomic E-state index is 11.7. The maximum absolute atomic E-state index is 11.7. The summed E-state index contributed by atoms with van der Waals surface area (Å²) in [5.41, 5.74) is 2.01. The zero-order valence-electron chi connectivity index (χ0n) is 11.0. The van der Waals surface area contributed by atoms with Gasteiger partial charge in [0.15, 0.2) is 0 Å². The van der Waals surface area contributed by atoms with Crippen molar-refractivity contribution in [2.75, 3.05) is 23.7 Å². The van der Waals surface area contributed by atoms with E-state index in [1.54, 1.807) is 18.2 Å². The van der Waals surface area contributed by atoms with Gasteiger partial charge in [-0.25, -0.2) is 13.2 Å². The Bertz CT molecular complexity index is 595. The van der Waals surface area contributed by atoms with E-state index in [9.17, 15) is 13.2 Å². The topological polar surface area (TPSA) is 63.7 Å². The van der Waals surface area contributed by atoms with E-state index in [-0.39, 0.29) is 5.97 Å². The number of nitrogens with zero attached hydrogens (tertiary/aromatic N) is 1. The Morgan fingerprint density at radius 3 is 2.79 bits per heavy atom. The molecule has 0 unspecified atom stereocenters. The van der Waals surface area contributed by atoms with Crippen LogP contribution in [0.4, 0.5) is 5.69 Å². The number of carbonyl (C=O) groups is 1. The lowest BCUT2D eigenvalue weighted by Crippen LogP contribution is -2.27. The summed E-state index contributed by atoms with van der Waals surface area (Å²) in [5.74, 6) is -0.359. The van der Waals surface area contributed by atoms with Gasteiger partial charge in [-0.15, -0.1) is 0 Å². The molecule has 0 bridgehead atoms. The smallest absolute Gasteiger partial charge is 0.338 e. The van der Waals surface area contributed by atoms with E-state index in [4.69, 9.17) is 4.74 Å². The summed E-state index contributed by atoms with van der Waals surface area (Å²) in [6.07, 6.45) is 2.58. The van der Waals surface area contributed by atoms with Crippen molar-refractivity contribution < 1.29 is 17.9 Å². The van der Waals surface area contributed by atoms with Crippen molar-refractivity contribution in [1.29, 1.82) is 0 Å². The molecule has 0 saturated carbocycles. The first-order valence-corrected chi connectivity index (χ1v) is 8.06. The molecule has 1 aliphatic heterocycles. The average Bonchev–Trinajstić information content (AvgIpc) is 2.78. The van der Waals surface area contributed by atoms with E-state index in [1.165, 1.54) is 10.6 Å². The molecule has 0 atom stereocenters. The fourth-order valence-electron chi connectivity index (χ4n) is 2.12. The van der Waals surface area contributed by atoms with Crippen LogP contribution in [0.2, 0.25) is 0 Å². The van der Waals surface area contributed by atoms with Crippen molar-refractivity contribution in [1.82, 2.24) is 0 Å². The van der Waals surface area contributed by atoms with Gasteiger partial charge >= 0.3 is 5.97 Å². The summed E-state index contributed by atoms with van der Waals surface area (Å²) in [7, 11) is -3.25. The summed E-state index contributed by atoms with van der Waals surface area (Å²) < 4.78 is 29.6. The monoisotopic (exact) mass is 283 g/mol. The molecule has 6 heteroatoms. The minimum absolute atomic E-state index is 0.359. The normalized spacial score (nSPS) is 14.3. The van der Waals surface area contributed by atoms with Crippen LogP contribution >= 0.6 is 0 Å². The Labute approximate surface area is 113 Å². The number of carbonyl (C=O) groups excluding carboxylic acids is 1. The molecule has 19 heavy (non-hydrogen) atoms. The number of fused-ring (bicyclic) bond motifs is 1. The molecule has 0 saturated heterocycles. The van der Waals surface area contributed by atoms with Crippen LogP contribution in [0.1, 0.15) is 29.3 Å². The van der Waals surface area contributed by atoms with Crippen molar-refractivity contribution in [3.63, 3.8) is 0 Å². The van der Waals surface area contributed by atoms with Crippen LogP contribution in [-0.2, 0) is 21.2 Å². The Hall–Kier alpha value is -1.56. The second-order valence-corrected chi connectivity index (χ2v) is 6.47. The van der Waals surface area contributed by atoms with Crippen LogP contribution in [0.3, 0.4) is 0 Å². The first kappa shape index (κ1) is 13.9. The molecule has 1 aromatic carbocycles. The minimum Gasteiger partial charge on any atom is -0.462 e. The standard InChI is InChI=1S/C13H17NO4S/c1-3-8-18-13(15)11-4-5-12-10(9-11)6-7-14(12)19(2,16)17/h4-5,9H,3,6-8H2,1-2H3. The molecule has 2 rings (SSSR count). The maximum Gasteiger partial charge on any atom is 0.338 e. The molecule has 0 radical (unpaired) electrons. The fourth-order valence-corrected chi connectivity index (χ4v) is 3.08. The predicted molar refractivity (Wildman–Crippen MR) is 72.9 cm³/mol. The van der Waals surface area contributed by atoms with E-state index < -0.39 is 10.0 Å². The summed E-state index contributed by atoms with van der Waals surface area (Å²) in [5, 5.41) is 0. The highest BCUT2D eigenvalue weighted by Crippen LogP contribution is 2.30. The first-order chi connectivity index (χ1) is 8.93. The van der Waals surface area contributed by atoms with Gasteiger partial charge in [-0.1, -0.05) is 6.92 Å². The molecule has 104 valence electrons. The summed E-state index contributed by atoms with van der Waals surface area (Å²) in [4.78, 5) is 11.7. The first-order valence-electron chi connectivity index (χ1n) is 6.21. The minimum atomic E-state index is -3.25. The molecule has 0 N–H and O–H groups in total. The molecular formula is C13H17NO4S. The van der Waals surface area contributed by atoms with Gasteiger partial charge < -0.3 is 4.74 Å². The largest absolute Gasteiger partial charge is 0.462 e. The van der Waals surface area contributed by atoms with Gasteiger partial charge in [-0.3, -0.25) is 4.31 Å². The number of hydrogen-bond acceptors (Lipinski definition) is 4. The lowest BCUT2D eigenvalue weighted by atomic mass is 10.1. The third kappa shape index (κ3) is 2.89. The highest BCUT2D eigenvalue weighted by Gasteiger charge is 2.26. The van der Waals surface area contributed by atoms with Crippen molar-refractivity contribution in [2.45, 2.75) is 19.8 Å². The number of rotatable bonds is 4. The Morgan fingerprint density at radius 2 is 2.16 bits per heavy atom. The van der Waals surface area contributed by atoms with E-state index in [0.717, 1.165) is 12.0 Å². The molecule has 0 aliphatic carbocycles. The van der Waals surface area contributed by atoms with Crippen LogP contribution < -0.4 is 4.31 Å². The van der Waals surface area contributed by atoms with E-state index in [1.807, 2.05) is 6.92 Å². The fraction of sp³-hybridized carbons (Fsp3) is 0.462. The van der Waals surface area contributed by atoms with Gasteiger partial charge in [0.2, 0.25) is 10.0 Å². The van der Waals surface area contributed by atoms with Crippen molar-refractivity contribution in [3.05, 3.63) is 29.3 Å². The highest BCUT2D eigenvalue weighted by molar-refractivity contribution is 7.92. The van der Waals surface area contributed by atoms with Crippen molar-refractivity contribution in [2.24, 2.45) is 0 Å². The van der Waals surface area contributed by atoms with Crippen molar-refractivity contribution >= 4 is 21.7 Å². The summed E-state index contributed by atoms with van der Waals surface area (Å²) in [6.45, 7) is 2.76. The van der Waals surface area contributed by atoms with Crippen LogP contribution in [-0.4, -0.2) is 33.8 Å². The van der Waals surface area contributed by atoms with Gasteiger partial charge in [-0.05, 0) is 36.6 Å². The van der Waals surface area contributed by atoms with Gasteiger partial charge in [0.25, 0.3) is 0 Å². The Kier molecular flexibility index (Phi) is 3.80. The Morgan fingerprint density at radius 1 is 1.42 bits per heavy atom. The number of anilines is 1. The molecule has 0 amide bonds. The van der Waals surface area contributed by atoms with Crippen LogP contribution in [0.5, 0.6) is 0 Å². The second kappa shape index (κ2) is 5.21. The van der Waals surface area contributed by atoms with Gasteiger partial charge in [0.05, 0.1) is 24.1 Å². The number of ether oxygens (including phenoxy) is 1. The molecule has 1 aliphatic rings. The SMILES string of the molecule is CCCOC(=O)c1ccc2c(c1)CCN2S(C)(=O)=O. The molecule has 1 heterocycles. The zero-order chi connectivity index (χ0) is 14.0. The summed E-state index contributed by atoms with van der Waals surface area (Å²) >= 11 is 0. The molecule has 0 aromatic heterocycles. The number of esters is 1. The quantitative estimate of drug-likeness (QED) is 0.787. The van der Waals surface area contributed by atoms with E-state index >= 15 is 0 Å². The molecule has 5 nitrogen and oxygen atoms in total. The van der Waals surface area contributed by atoms with Crippen LogP contribution in [0.25, 0.3) is 0 Å². The second-order valence-electron chi connectivity index (χ2n) is 4.56. The molecular weight excluding hydrogens is 266 g/mol. The zero-order valence-corrected chi connectivity index (χ0v) is 11.9. The lowest BCUT2D eigenvalue weighted by molar-refractivity contribution is 0.0505. The number of benzene rings is 1. The van der Waals surface area contributed by atoms with Crippen LogP contribution in [0, 0.1) is 0 Å². The van der Waals surface area contributed by atoms with Gasteiger partial charge in [-0.2, -0.15) is 0 Å².